The number of nitrogens with zero attached hydrogens (tertiary/aromatic N) is 1. The van der Waals surface area contributed by atoms with Crippen LogP contribution in [-0.2, 0) is 16.6 Å². The molecular weight excluding hydrogens is 364 g/mol. The van der Waals surface area contributed by atoms with Crippen molar-refractivity contribution in [1.29, 1.82) is 0 Å². The minimum atomic E-state index is -3.28. The maximum absolute atomic E-state index is 11.2. The molecule has 1 aliphatic heterocycles. The Balaban J connectivity index is 1.53. The molecule has 3 rings (SSSR count). The van der Waals surface area contributed by atoms with Crippen LogP contribution < -0.4 is 9.46 Å². The number of rotatable bonds is 7. The number of hydrogen-bond acceptors (Lipinski definition) is 5. The van der Waals surface area contributed by atoms with Crippen LogP contribution in [0.15, 0.2) is 48.5 Å². The molecule has 1 fully saturated rings. The molecule has 146 valence electrons. The van der Waals surface area contributed by atoms with Crippen LogP contribution in [0.2, 0.25) is 0 Å². The molecule has 27 heavy (non-hydrogen) atoms. The molecular formula is C20H26N2O4S. The number of anilines is 1. The summed E-state index contributed by atoms with van der Waals surface area (Å²) in [6.07, 6.45) is 3.23. The summed E-state index contributed by atoms with van der Waals surface area (Å²) in [5.74, 6) is 1.84. The first-order valence-electron chi connectivity index (χ1n) is 9.09. The van der Waals surface area contributed by atoms with Crippen LogP contribution in [0.1, 0.15) is 18.4 Å². The lowest BCUT2D eigenvalue weighted by molar-refractivity contribution is 0.127. The smallest absolute Gasteiger partial charge is 0.229 e. The second-order valence-corrected chi connectivity index (χ2v) is 8.80. The average Bonchev–Trinajstić information content (AvgIpc) is 2.64. The SMILES string of the molecule is CS(=O)(=O)Nc1ccc(Oc2ccc(CN3CCC(CO)CC3)cc2)cc1. The highest BCUT2D eigenvalue weighted by Crippen LogP contribution is 2.24. The molecule has 0 unspecified atom stereocenters. The van der Waals surface area contributed by atoms with Gasteiger partial charge in [-0.3, -0.25) is 9.62 Å². The number of ether oxygens (including phenoxy) is 1. The Morgan fingerprint density at radius 1 is 1.04 bits per heavy atom. The molecule has 2 aromatic rings. The summed E-state index contributed by atoms with van der Waals surface area (Å²) in [4.78, 5) is 2.41. The summed E-state index contributed by atoms with van der Waals surface area (Å²) >= 11 is 0. The first-order chi connectivity index (χ1) is 12.9. The lowest BCUT2D eigenvalue weighted by Crippen LogP contribution is -2.34. The van der Waals surface area contributed by atoms with E-state index in [1.54, 1.807) is 24.3 Å². The van der Waals surface area contributed by atoms with Gasteiger partial charge in [0, 0.05) is 18.8 Å². The van der Waals surface area contributed by atoms with E-state index in [4.69, 9.17) is 4.74 Å². The van der Waals surface area contributed by atoms with Crippen molar-refractivity contribution in [3.8, 4) is 11.5 Å². The van der Waals surface area contributed by atoms with Gasteiger partial charge >= 0.3 is 0 Å². The van der Waals surface area contributed by atoms with Crippen molar-refractivity contribution in [2.45, 2.75) is 19.4 Å². The van der Waals surface area contributed by atoms with Crippen LogP contribution in [0.3, 0.4) is 0 Å². The van der Waals surface area contributed by atoms with Gasteiger partial charge in [0.05, 0.1) is 6.26 Å². The van der Waals surface area contributed by atoms with E-state index in [0.29, 0.717) is 24.0 Å². The maximum atomic E-state index is 11.2. The zero-order valence-electron chi connectivity index (χ0n) is 15.5. The van der Waals surface area contributed by atoms with Gasteiger partial charge in [0.1, 0.15) is 11.5 Å². The van der Waals surface area contributed by atoms with Crippen LogP contribution in [0.5, 0.6) is 11.5 Å². The van der Waals surface area contributed by atoms with E-state index in [9.17, 15) is 13.5 Å². The molecule has 0 bridgehead atoms. The number of nitrogens with one attached hydrogen (secondary N) is 1. The van der Waals surface area contributed by atoms with Crippen LogP contribution >= 0.6 is 0 Å². The quantitative estimate of drug-likeness (QED) is 0.760. The summed E-state index contributed by atoms with van der Waals surface area (Å²) in [5, 5.41) is 9.22. The van der Waals surface area contributed by atoms with Gasteiger partial charge in [0.2, 0.25) is 10.0 Å². The Hall–Kier alpha value is -2.09. The minimum Gasteiger partial charge on any atom is -0.457 e. The molecule has 2 N–H and O–H groups in total. The van der Waals surface area contributed by atoms with E-state index < -0.39 is 10.0 Å². The zero-order chi connectivity index (χ0) is 19.3. The van der Waals surface area contributed by atoms with Gasteiger partial charge in [-0.1, -0.05) is 12.1 Å². The first-order valence-corrected chi connectivity index (χ1v) is 11.0. The van der Waals surface area contributed by atoms with E-state index in [0.717, 1.165) is 44.5 Å². The van der Waals surface area contributed by atoms with Gasteiger partial charge in [-0.15, -0.1) is 0 Å². The number of piperidine rings is 1. The highest BCUT2D eigenvalue weighted by atomic mass is 32.2. The van der Waals surface area contributed by atoms with Crippen molar-refractivity contribution >= 4 is 15.7 Å². The normalized spacial score (nSPS) is 16.2. The van der Waals surface area contributed by atoms with Crippen molar-refractivity contribution in [3.05, 3.63) is 54.1 Å². The Bertz CT molecular complexity index is 827. The molecule has 7 heteroatoms. The van der Waals surface area contributed by atoms with E-state index in [1.807, 2.05) is 12.1 Å². The summed E-state index contributed by atoms with van der Waals surface area (Å²) in [7, 11) is -3.28. The molecule has 0 radical (unpaired) electrons. The third-order valence-electron chi connectivity index (χ3n) is 4.69. The van der Waals surface area contributed by atoms with Crippen LogP contribution in [0.4, 0.5) is 5.69 Å². The number of benzene rings is 2. The van der Waals surface area contributed by atoms with Gasteiger partial charge in [-0.2, -0.15) is 0 Å². The predicted octanol–water partition coefficient (Wildman–Crippen LogP) is 3.05. The number of hydrogen-bond donors (Lipinski definition) is 2. The monoisotopic (exact) mass is 390 g/mol. The third-order valence-corrected chi connectivity index (χ3v) is 5.29. The Morgan fingerprint density at radius 3 is 2.11 bits per heavy atom. The second-order valence-electron chi connectivity index (χ2n) is 7.05. The van der Waals surface area contributed by atoms with Gasteiger partial charge in [-0.05, 0) is 73.8 Å². The van der Waals surface area contributed by atoms with E-state index >= 15 is 0 Å². The molecule has 2 aromatic carbocycles. The second kappa shape index (κ2) is 8.73. The topological polar surface area (TPSA) is 78.9 Å². The predicted molar refractivity (Wildman–Crippen MR) is 107 cm³/mol. The van der Waals surface area contributed by atoms with E-state index in [-0.39, 0.29) is 0 Å². The first kappa shape index (κ1) is 19.7. The van der Waals surface area contributed by atoms with Gasteiger partial charge in [0.25, 0.3) is 0 Å². The molecule has 1 aliphatic rings. The van der Waals surface area contributed by atoms with Crippen molar-refractivity contribution in [3.63, 3.8) is 0 Å². The van der Waals surface area contributed by atoms with Crippen LogP contribution in [0, 0.1) is 5.92 Å². The van der Waals surface area contributed by atoms with Crippen molar-refractivity contribution in [1.82, 2.24) is 4.90 Å². The van der Waals surface area contributed by atoms with E-state index in [2.05, 4.69) is 21.8 Å². The molecule has 0 saturated carbocycles. The molecule has 0 spiro atoms. The highest BCUT2D eigenvalue weighted by Gasteiger charge is 2.18. The third kappa shape index (κ3) is 6.23. The fourth-order valence-corrected chi connectivity index (χ4v) is 3.75. The molecule has 0 atom stereocenters. The lowest BCUT2D eigenvalue weighted by Gasteiger charge is -2.31. The zero-order valence-corrected chi connectivity index (χ0v) is 16.3. The largest absolute Gasteiger partial charge is 0.457 e. The lowest BCUT2D eigenvalue weighted by atomic mass is 9.97. The molecule has 0 aromatic heterocycles. The van der Waals surface area contributed by atoms with Gasteiger partial charge in [0.15, 0.2) is 0 Å². The number of aliphatic hydroxyl groups excluding tert-OH is 1. The van der Waals surface area contributed by atoms with Gasteiger partial charge < -0.3 is 9.84 Å². The fraction of sp³-hybridized carbons (Fsp3) is 0.400. The average molecular weight is 391 g/mol. The summed E-state index contributed by atoms with van der Waals surface area (Å²) in [6, 6.07) is 14.8. The Labute approximate surface area is 160 Å². The summed E-state index contributed by atoms with van der Waals surface area (Å²) in [6.45, 7) is 3.25. The van der Waals surface area contributed by atoms with Crippen molar-refractivity contribution in [2.24, 2.45) is 5.92 Å². The molecule has 0 amide bonds. The Kier molecular flexibility index (Phi) is 6.36. The number of aliphatic hydroxyl groups is 1. The van der Waals surface area contributed by atoms with Crippen LogP contribution in [-0.4, -0.2) is 44.4 Å². The summed E-state index contributed by atoms with van der Waals surface area (Å²) < 4.78 is 30.7. The number of likely N-dealkylation sites (tertiary alicyclic amines) is 1. The molecule has 1 saturated heterocycles. The molecule has 6 nitrogen and oxygen atoms in total. The van der Waals surface area contributed by atoms with Crippen molar-refractivity contribution in [2.75, 3.05) is 30.7 Å². The van der Waals surface area contributed by atoms with E-state index in [1.165, 1.54) is 5.56 Å². The highest BCUT2D eigenvalue weighted by molar-refractivity contribution is 7.92. The summed E-state index contributed by atoms with van der Waals surface area (Å²) in [5.41, 5.74) is 1.74. The minimum absolute atomic E-state index is 0.297. The standard InChI is InChI=1S/C20H26N2O4S/c1-27(24,25)21-18-4-8-20(9-5-18)26-19-6-2-16(3-7-19)14-22-12-10-17(15-23)11-13-22/h2-9,17,21,23H,10-15H2,1H3. The molecule has 1 heterocycles. The Morgan fingerprint density at radius 2 is 1.59 bits per heavy atom. The maximum Gasteiger partial charge on any atom is 0.229 e. The fourth-order valence-electron chi connectivity index (χ4n) is 3.19. The number of sulfonamides is 1. The van der Waals surface area contributed by atoms with Crippen LogP contribution in [0.25, 0.3) is 0 Å². The molecule has 0 aliphatic carbocycles. The van der Waals surface area contributed by atoms with Crippen molar-refractivity contribution < 1.29 is 18.3 Å². The van der Waals surface area contributed by atoms with Gasteiger partial charge in [-0.25, -0.2) is 8.42 Å².